The smallest absolute Gasteiger partial charge is 0.00473 e. The van der Waals surface area contributed by atoms with E-state index in [1.54, 1.807) is 0 Å². The van der Waals surface area contributed by atoms with Gasteiger partial charge in [-0.05, 0) is 12.3 Å². The first kappa shape index (κ1) is 12.5. The van der Waals surface area contributed by atoms with Crippen LogP contribution in [0, 0.1) is 12.8 Å². The van der Waals surface area contributed by atoms with E-state index in [2.05, 4.69) is 31.2 Å². The van der Waals surface area contributed by atoms with Crippen LogP contribution in [0.3, 0.4) is 0 Å². The molecule has 0 heterocycles. The van der Waals surface area contributed by atoms with Gasteiger partial charge in [0.15, 0.2) is 0 Å². The molecule has 0 spiro atoms. The van der Waals surface area contributed by atoms with Gasteiger partial charge in [0.25, 0.3) is 0 Å². The largest absolute Gasteiger partial charge is 0.0776 e. The molecule has 0 saturated carbocycles. The SMILES string of the molecule is [CH2]CCCCCCCCCC1C=CC=C1. The molecule has 1 radical (unpaired) electrons. The molecule has 0 nitrogen and oxygen atoms in total. The van der Waals surface area contributed by atoms with Crippen LogP contribution in [-0.2, 0) is 0 Å². The van der Waals surface area contributed by atoms with Crippen LogP contribution in [0.2, 0.25) is 0 Å². The van der Waals surface area contributed by atoms with Gasteiger partial charge >= 0.3 is 0 Å². The number of hydrogen-bond donors (Lipinski definition) is 0. The minimum Gasteiger partial charge on any atom is -0.0776 e. The summed E-state index contributed by atoms with van der Waals surface area (Å²) in [5.74, 6) is 0.746. The highest BCUT2D eigenvalue weighted by molar-refractivity contribution is 5.17. The molecule has 0 aromatic heterocycles. The molecule has 0 bridgehead atoms. The predicted molar refractivity (Wildman–Crippen MR) is 68.7 cm³/mol. The van der Waals surface area contributed by atoms with E-state index in [1.165, 1.54) is 51.4 Å². The molecule has 0 N–H and O–H groups in total. The lowest BCUT2D eigenvalue weighted by Crippen LogP contribution is -1.89. The molecule has 0 aromatic carbocycles. The summed E-state index contributed by atoms with van der Waals surface area (Å²) in [6.45, 7) is 3.86. The van der Waals surface area contributed by atoms with Crippen molar-refractivity contribution in [3.63, 3.8) is 0 Å². The third-order valence-electron chi connectivity index (χ3n) is 3.12. The highest BCUT2D eigenvalue weighted by Gasteiger charge is 2.02. The molecule has 0 amide bonds. The monoisotopic (exact) mass is 205 g/mol. The Balaban J connectivity index is 1.77. The topological polar surface area (TPSA) is 0 Å². The summed E-state index contributed by atoms with van der Waals surface area (Å²) in [5.41, 5.74) is 0. The first-order valence-corrected chi connectivity index (χ1v) is 6.57. The summed E-state index contributed by atoms with van der Waals surface area (Å²) < 4.78 is 0. The summed E-state index contributed by atoms with van der Waals surface area (Å²) >= 11 is 0. The third kappa shape index (κ3) is 6.54. The summed E-state index contributed by atoms with van der Waals surface area (Å²) in [6.07, 6.45) is 21.2. The van der Waals surface area contributed by atoms with E-state index >= 15 is 0 Å². The lowest BCUT2D eigenvalue weighted by Gasteiger charge is -2.04. The fourth-order valence-electron chi connectivity index (χ4n) is 2.11. The van der Waals surface area contributed by atoms with Crippen LogP contribution in [0.1, 0.15) is 57.8 Å². The van der Waals surface area contributed by atoms with Crippen LogP contribution in [0.4, 0.5) is 0 Å². The molecule has 0 unspecified atom stereocenters. The second kappa shape index (κ2) is 8.76. The van der Waals surface area contributed by atoms with Gasteiger partial charge in [-0.15, -0.1) is 0 Å². The molecule has 0 aliphatic heterocycles. The molecule has 0 saturated heterocycles. The van der Waals surface area contributed by atoms with E-state index in [0.717, 1.165) is 12.3 Å². The normalized spacial score (nSPS) is 15.3. The number of unbranched alkanes of at least 4 members (excludes halogenated alkanes) is 7. The molecule has 1 aliphatic rings. The highest BCUT2D eigenvalue weighted by atomic mass is 14.1. The molecule has 0 atom stereocenters. The Kier molecular flexibility index (Phi) is 7.33. The molecular weight excluding hydrogens is 180 g/mol. The molecule has 1 rings (SSSR count). The Labute approximate surface area is 95.5 Å². The van der Waals surface area contributed by atoms with Gasteiger partial charge in [0.2, 0.25) is 0 Å². The molecular formula is C15H25. The zero-order valence-electron chi connectivity index (χ0n) is 9.96. The summed E-state index contributed by atoms with van der Waals surface area (Å²) in [6, 6.07) is 0. The molecule has 0 heteroatoms. The first-order valence-electron chi connectivity index (χ1n) is 6.57. The van der Waals surface area contributed by atoms with E-state index < -0.39 is 0 Å². The third-order valence-corrected chi connectivity index (χ3v) is 3.12. The van der Waals surface area contributed by atoms with Gasteiger partial charge in [-0.2, -0.15) is 0 Å². The lowest BCUT2D eigenvalue weighted by atomic mass is 10.0. The van der Waals surface area contributed by atoms with Crippen LogP contribution in [0.25, 0.3) is 0 Å². The van der Waals surface area contributed by atoms with Crippen molar-refractivity contribution in [1.29, 1.82) is 0 Å². The van der Waals surface area contributed by atoms with E-state index in [4.69, 9.17) is 0 Å². The molecule has 0 fully saturated rings. The Morgan fingerprint density at radius 3 is 1.87 bits per heavy atom. The van der Waals surface area contributed by atoms with E-state index in [-0.39, 0.29) is 0 Å². The van der Waals surface area contributed by atoms with Crippen LogP contribution >= 0.6 is 0 Å². The van der Waals surface area contributed by atoms with Crippen LogP contribution in [0.15, 0.2) is 24.3 Å². The standard InChI is InChI=1S/C15H25/c1-2-3-4-5-6-7-8-9-12-15-13-10-11-14-15/h10-11,13-15H,1-9,12H2. The lowest BCUT2D eigenvalue weighted by molar-refractivity contribution is 0.552. The number of rotatable bonds is 9. The summed E-state index contributed by atoms with van der Waals surface area (Å²) in [5, 5.41) is 0. The van der Waals surface area contributed by atoms with E-state index in [9.17, 15) is 0 Å². The average molecular weight is 205 g/mol. The van der Waals surface area contributed by atoms with Crippen molar-refractivity contribution in [1.82, 2.24) is 0 Å². The van der Waals surface area contributed by atoms with Gasteiger partial charge in [0.1, 0.15) is 0 Å². The Hall–Kier alpha value is -0.520. The predicted octanol–water partition coefficient (Wildman–Crippen LogP) is 5.07. The first-order chi connectivity index (χ1) is 7.43. The quantitative estimate of drug-likeness (QED) is 0.461. The maximum atomic E-state index is 3.86. The van der Waals surface area contributed by atoms with Crippen LogP contribution in [-0.4, -0.2) is 0 Å². The Morgan fingerprint density at radius 1 is 0.733 bits per heavy atom. The van der Waals surface area contributed by atoms with Gasteiger partial charge in [0.05, 0.1) is 0 Å². The maximum absolute atomic E-state index is 3.86. The highest BCUT2D eigenvalue weighted by Crippen LogP contribution is 2.18. The Morgan fingerprint density at radius 2 is 1.27 bits per heavy atom. The second-order valence-corrected chi connectivity index (χ2v) is 4.55. The van der Waals surface area contributed by atoms with Gasteiger partial charge in [-0.3, -0.25) is 0 Å². The van der Waals surface area contributed by atoms with Crippen molar-refractivity contribution in [2.24, 2.45) is 5.92 Å². The van der Waals surface area contributed by atoms with Gasteiger partial charge < -0.3 is 0 Å². The zero-order valence-corrected chi connectivity index (χ0v) is 9.96. The van der Waals surface area contributed by atoms with Crippen molar-refractivity contribution in [3.05, 3.63) is 31.2 Å². The Bertz CT molecular complexity index is 176. The van der Waals surface area contributed by atoms with E-state index in [0.29, 0.717) is 0 Å². The maximum Gasteiger partial charge on any atom is -0.00473 e. The molecule has 15 heavy (non-hydrogen) atoms. The number of hydrogen-bond acceptors (Lipinski definition) is 0. The minimum atomic E-state index is 0.746. The van der Waals surface area contributed by atoms with Crippen LogP contribution < -0.4 is 0 Å². The molecule has 1 aliphatic carbocycles. The van der Waals surface area contributed by atoms with Crippen molar-refractivity contribution in [2.75, 3.05) is 0 Å². The summed E-state index contributed by atoms with van der Waals surface area (Å²) in [4.78, 5) is 0. The fourth-order valence-corrected chi connectivity index (χ4v) is 2.11. The fraction of sp³-hybridized carbons (Fsp3) is 0.667. The zero-order chi connectivity index (χ0) is 10.8. The molecule has 85 valence electrons. The van der Waals surface area contributed by atoms with Crippen molar-refractivity contribution in [3.8, 4) is 0 Å². The van der Waals surface area contributed by atoms with Crippen molar-refractivity contribution >= 4 is 0 Å². The van der Waals surface area contributed by atoms with Gasteiger partial charge in [-0.25, -0.2) is 0 Å². The second-order valence-electron chi connectivity index (χ2n) is 4.55. The summed E-state index contributed by atoms with van der Waals surface area (Å²) in [7, 11) is 0. The van der Waals surface area contributed by atoms with Crippen molar-refractivity contribution in [2.45, 2.75) is 57.8 Å². The average Bonchev–Trinajstić information content (AvgIpc) is 2.75. The number of allylic oxidation sites excluding steroid dienone is 4. The van der Waals surface area contributed by atoms with Crippen LogP contribution in [0.5, 0.6) is 0 Å². The van der Waals surface area contributed by atoms with Gasteiger partial charge in [-0.1, -0.05) is 82.6 Å². The minimum absolute atomic E-state index is 0.746. The van der Waals surface area contributed by atoms with E-state index in [1.807, 2.05) is 0 Å². The molecule has 0 aromatic rings. The van der Waals surface area contributed by atoms with Gasteiger partial charge in [0, 0.05) is 0 Å². The van der Waals surface area contributed by atoms with Crippen molar-refractivity contribution < 1.29 is 0 Å².